The van der Waals surface area contributed by atoms with Gasteiger partial charge in [-0.15, -0.1) is 0 Å². The molecule has 1 aliphatic heterocycles. The lowest BCUT2D eigenvalue weighted by Crippen LogP contribution is -2.45. The number of nitrogens with zero attached hydrogens (tertiary/aromatic N) is 1. The van der Waals surface area contributed by atoms with E-state index in [-0.39, 0.29) is 0 Å². The zero-order valence-electron chi connectivity index (χ0n) is 8.45. The van der Waals surface area contributed by atoms with Gasteiger partial charge in [-0.05, 0) is 19.1 Å². The van der Waals surface area contributed by atoms with Gasteiger partial charge in [0, 0.05) is 13.1 Å². The van der Waals surface area contributed by atoms with Gasteiger partial charge in [0.05, 0.1) is 19.8 Å². The van der Waals surface area contributed by atoms with Gasteiger partial charge in [0.1, 0.15) is 11.5 Å². The molecule has 0 atom stereocenters. The summed E-state index contributed by atoms with van der Waals surface area (Å²) in [5.74, 6) is 1.94. The van der Waals surface area contributed by atoms with Crippen LogP contribution in [0.1, 0.15) is 11.5 Å². The molecular formula is C10H16N2O2. The van der Waals surface area contributed by atoms with Crippen molar-refractivity contribution in [2.45, 2.75) is 13.5 Å². The third-order valence-corrected chi connectivity index (χ3v) is 2.28. The minimum Gasteiger partial charge on any atom is -0.465 e. The second-order valence-corrected chi connectivity index (χ2v) is 3.45. The fourth-order valence-corrected chi connectivity index (χ4v) is 1.49. The van der Waals surface area contributed by atoms with Crippen molar-refractivity contribution in [3.8, 4) is 0 Å². The molecule has 4 nitrogen and oxygen atoms in total. The molecule has 2 rings (SSSR count). The lowest BCUT2D eigenvalue weighted by atomic mass is 10.4. The zero-order chi connectivity index (χ0) is 9.80. The van der Waals surface area contributed by atoms with Gasteiger partial charge in [-0.1, -0.05) is 0 Å². The second-order valence-electron chi connectivity index (χ2n) is 3.45. The molecule has 78 valence electrons. The van der Waals surface area contributed by atoms with Gasteiger partial charge in [0.15, 0.2) is 0 Å². The summed E-state index contributed by atoms with van der Waals surface area (Å²) in [6.07, 6.45) is 0. The highest BCUT2D eigenvalue weighted by molar-refractivity contribution is 5.04. The van der Waals surface area contributed by atoms with Crippen molar-refractivity contribution < 1.29 is 9.15 Å². The molecule has 0 spiro atoms. The Morgan fingerprint density at radius 2 is 2.14 bits per heavy atom. The first-order valence-electron chi connectivity index (χ1n) is 4.96. The molecule has 0 amide bonds. The molecule has 4 heteroatoms. The van der Waals surface area contributed by atoms with Gasteiger partial charge in [-0.25, -0.2) is 10.4 Å². The van der Waals surface area contributed by atoms with Crippen LogP contribution in [0.2, 0.25) is 0 Å². The van der Waals surface area contributed by atoms with Crippen molar-refractivity contribution in [1.82, 2.24) is 10.4 Å². The van der Waals surface area contributed by atoms with Crippen molar-refractivity contribution in [1.29, 1.82) is 0 Å². The van der Waals surface area contributed by atoms with E-state index in [0.29, 0.717) is 0 Å². The SMILES string of the molecule is Cc1ccc(CNN2CCOCC2)o1. The highest BCUT2D eigenvalue weighted by Gasteiger charge is 2.09. The molecule has 0 bridgehead atoms. The summed E-state index contributed by atoms with van der Waals surface area (Å²) in [4.78, 5) is 0. The van der Waals surface area contributed by atoms with Crippen LogP contribution < -0.4 is 5.43 Å². The number of hydrogen-bond acceptors (Lipinski definition) is 4. The van der Waals surface area contributed by atoms with Crippen molar-refractivity contribution >= 4 is 0 Å². The summed E-state index contributed by atoms with van der Waals surface area (Å²) in [5, 5.41) is 2.17. The maximum atomic E-state index is 5.45. The Hall–Kier alpha value is -0.840. The average Bonchev–Trinajstić information content (AvgIpc) is 2.63. The minimum atomic E-state index is 0.758. The molecule has 0 unspecified atom stereocenters. The summed E-state index contributed by atoms with van der Waals surface area (Å²) in [6, 6.07) is 3.99. The van der Waals surface area contributed by atoms with Crippen molar-refractivity contribution in [3.63, 3.8) is 0 Å². The Bertz CT molecular complexity index is 279. The zero-order valence-corrected chi connectivity index (χ0v) is 8.45. The molecule has 1 saturated heterocycles. The van der Waals surface area contributed by atoms with Crippen LogP contribution in [0.5, 0.6) is 0 Å². The Morgan fingerprint density at radius 1 is 1.36 bits per heavy atom. The van der Waals surface area contributed by atoms with Gasteiger partial charge in [0.2, 0.25) is 0 Å². The molecule has 2 heterocycles. The minimum absolute atomic E-state index is 0.758. The Labute approximate surface area is 83.8 Å². The first kappa shape index (κ1) is 9.71. The number of hydrazine groups is 1. The van der Waals surface area contributed by atoms with Crippen LogP contribution in [0.15, 0.2) is 16.5 Å². The van der Waals surface area contributed by atoms with Crippen LogP contribution in [0.4, 0.5) is 0 Å². The summed E-state index contributed by atoms with van der Waals surface area (Å²) < 4.78 is 10.7. The molecule has 14 heavy (non-hydrogen) atoms. The molecule has 1 N–H and O–H groups in total. The first-order chi connectivity index (χ1) is 6.84. The summed E-state index contributed by atoms with van der Waals surface area (Å²) in [6.45, 7) is 6.22. The lowest BCUT2D eigenvalue weighted by Gasteiger charge is -2.26. The first-order valence-corrected chi connectivity index (χ1v) is 4.96. The van der Waals surface area contributed by atoms with Crippen molar-refractivity contribution in [3.05, 3.63) is 23.7 Å². The second kappa shape index (κ2) is 4.59. The molecule has 0 radical (unpaired) electrons. The predicted octanol–water partition coefficient (Wildman–Crippen LogP) is 0.925. The van der Waals surface area contributed by atoms with Gasteiger partial charge >= 0.3 is 0 Å². The summed E-state index contributed by atoms with van der Waals surface area (Å²) in [5.41, 5.74) is 3.31. The maximum Gasteiger partial charge on any atom is 0.119 e. The monoisotopic (exact) mass is 196 g/mol. The average molecular weight is 196 g/mol. The highest BCUT2D eigenvalue weighted by atomic mass is 16.5. The number of aryl methyl sites for hydroxylation is 1. The lowest BCUT2D eigenvalue weighted by molar-refractivity contribution is 0.00941. The Kier molecular flexibility index (Phi) is 3.18. The molecule has 0 aliphatic carbocycles. The van der Waals surface area contributed by atoms with E-state index in [1.54, 1.807) is 0 Å². The van der Waals surface area contributed by atoms with Crippen LogP contribution in [-0.4, -0.2) is 31.3 Å². The molecule has 1 aliphatic rings. The van der Waals surface area contributed by atoms with Gasteiger partial charge in [0.25, 0.3) is 0 Å². The summed E-state index contributed by atoms with van der Waals surface area (Å²) >= 11 is 0. The van der Waals surface area contributed by atoms with Crippen LogP contribution >= 0.6 is 0 Å². The van der Waals surface area contributed by atoms with E-state index < -0.39 is 0 Å². The van der Waals surface area contributed by atoms with Crippen molar-refractivity contribution in [2.75, 3.05) is 26.3 Å². The van der Waals surface area contributed by atoms with Crippen LogP contribution in [-0.2, 0) is 11.3 Å². The van der Waals surface area contributed by atoms with Gasteiger partial charge in [-0.2, -0.15) is 0 Å². The van der Waals surface area contributed by atoms with E-state index >= 15 is 0 Å². The smallest absolute Gasteiger partial charge is 0.119 e. The quantitative estimate of drug-likeness (QED) is 0.780. The molecule has 0 saturated carbocycles. The van der Waals surface area contributed by atoms with Crippen LogP contribution in [0.25, 0.3) is 0 Å². The third-order valence-electron chi connectivity index (χ3n) is 2.28. The Balaban J connectivity index is 1.76. The molecule has 0 aromatic carbocycles. The van der Waals surface area contributed by atoms with E-state index in [2.05, 4.69) is 10.4 Å². The predicted molar refractivity (Wildman–Crippen MR) is 52.7 cm³/mol. The van der Waals surface area contributed by atoms with Crippen molar-refractivity contribution in [2.24, 2.45) is 0 Å². The van der Waals surface area contributed by atoms with E-state index in [4.69, 9.17) is 9.15 Å². The number of furan rings is 1. The number of rotatable bonds is 3. The van der Waals surface area contributed by atoms with Crippen LogP contribution in [0.3, 0.4) is 0 Å². The number of morpholine rings is 1. The van der Waals surface area contributed by atoms with Gasteiger partial charge < -0.3 is 9.15 Å². The van der Waals surface area contributed by atoms with Crippen LogP contribution in [0, 0.1) is 6.92 Å². The standard InChI is InChI=1S/C10H16N2O2/c1-9-2-3-10(14-9)8-11-12-4-6-13-7-5-12/h2-3,11H,4-8H2,1H3. The van der Waals surface area contributed by atoms with E-state index in [9.17, 15) is 0 Å². The van der Waals surface area contributed by atoms with Gasteiger partial charge in [-0.3, -0.25) is 0 Å². The molecule has 1 fully saturated rings. The molecule has 1 aromatic rings. The normalized spacial score (nSPS) is 18.6. The summed E-state index contributed by atoms with van der Waals surface area (Å²) in [7, 11) is 0. The fraction of sp³-hybridized carbons (Fsp3) is 0.600. The fourth-order valence-electron chi connectivity index (χ4n) is 1.49. The number of ether oxygens (including phenoxy) is 1. The highest BCUT2D eigenvalue weighted by Crippen LogP contribution is 2.05. The third kappa shape index (κ3) is 2.57. The van der Waals surface area contributed by atoms with E-state index in [1.807, 2.05) is 19.1 Å². The number of nitrogens with one attached hydrogen (secondary N) is 1. The van der Waals surface area contributed by atoms with E-state index in [1.165, 1.54) is 0 Å². The maximum absolute atomic E-state index is 5.45. The largest absolute Gasteiger partial charge is 0.465 e. The number of hydrogen-bond donors (Lipinski definition) is 1. The Morgan fingerprint density at radius 3 is 2.79 bits per heavy atom. The molecule has 1 aromatic heterocycles. The molecular weight excluding hydrogens is 180 g/mol. The topological polar surface area (TPSA) is 37.6 Å². The van der Waals surface area contributed by atoms with E-state index in [0.717, 1.165) is 44.4 Å².